The molecule has 28 heavy (non-hydrogen) atoms. The fourth-order valence-corrected chi connectivity index (χ4v) is 2.32. The number of halogens is 3. The molecule has 0 unspecified atom stereocenters. The molecule has 0 aromatic heterocycles. The largest absolute Gasteiger partial charge is 0.490 e. The van der Waals surface area contributed by atoms with E-state index in [1.807, 2.05) is 6.07 Å². The summed E-state index contributed by atoms with van der Waals surface area (Å²) in [4.78, 5) is 15.2. The second-order valence-corrected chi connectivity index (χ2v) is 6.26. The number of hydrogen-bond donors (Lipinski definition) is 1. The molecule has 8 heteroatoms. The normalized spacial score (nSPS) is 13.1. The molecular formula is C20H15F3N2O3. The molecule has 1 atom stereocenters. The van der Waals surface area contributed by atoms with Gasteiger partial charge in [-0.05, 0) is 36.8 Å². The lowest BCUT2D eigenvalue weighted by Crippen LogP contribution is -2.42. The molecule has 0 spiro atoms. The number of benzene rings is 2. The summed E-state index contributed by atoms with van der Waals surface area (Å²) in [6.45, 7) is 7.61. The molecule has 0 aliphatic heterocycles. The predicted molar refractivity (Wildman–Crippen MR) is 93.7 cm³/mol. The number of hydrogen-bond acceptors (Lipinski definition) is 4. The van der Waals surface area contributed by atoms with Crippen molar-refractivity contribution in [1.29, 1.82) is 5.26 Å². The van der Waals surface area contributed by atoms with Crippen molar-refractivity contribution < 1.29 is 27.8 Å². The van der Waals surface area contributed by atoms with Crippen molar-refractivity contribution in [2.75, 3.05) is 6.61 Å². The van der Waals surface area contributed by atoms with Crippen LogP contribution in [0.2, 0.25) is 0 Å². The molecule has 0 amide bonds. The number of ketones is 1. The number of alkyl halides is 3. The van der Waals surface area contributed by atoms with E-state index in [9.17, 15) is 23.1 Å². The lowest BCUT2D eigenvalue weighted by atomic mass is 9.94. The molecule has 0 saturated carbocycles. The summed E-state index contributed by atoms with van der Waals surface area (Å²) < 4.78 is 44.4. The van der Waals surface area contributed by atoms with Gasteiger partial charge in [0.25, 0.3) is 0 Å². The van der Waals surface area contributed by atoms with Crippen molar-refractivity contribution in [2.24, 2.45) is 0 Å². The number of aliphatic hydroxyl groups is 1. The van der Waals surface area contributed by atoms with Crippen LogP contribution in [0.4, 0.5) is 18.9 Å². The minimum atomic E-state index is -4.72. The second-order valence-electron chi connectivity index (χ2n) is 6.26. The van der Waals surface area contributed by atoms with Crippen LogP contribution in [-0.2, 0) is 17.4 Å². The third-order valence-electron chi connectivity index (χ3n) is 3.96. The van der Waals surface area contributed by atoms with Gasteiger partial charge in [-0.2, -0.15) is 18.4 Å². The topological polar surface area (TPSA) is 74.7 Å². The van der Waals surface area contributed by atoms with E-state index in [1.54, 1.807) is 0 Å². The summed E-state index contributed by atoms with van der Waals surface area (Å²) in [7, 11) is 0. The van der Waals surface area contributed by atoms with Crippen molar-refractivity contribution in [1.82, 2.24) is 0 Å². The number of Topliss-reactive ketones (excluding diaryl/α,β-unsaturated/α-hetero) is 1. The van der Waals surface area contributed by atoms with Gasteiger partial charge in [-0.3, -0.25) is 4.79 Å². The highest BCUT2D eigenvalue weighted by atomic mass is 19.4. The number of nitriles is 1. The number of ether oxygens (including phenoxy) is 1. The van der Waals surface area contributed by atoms with Gasteiger partial charge in [0.15, 0.2) is 17.1 Å². The molecule has 5 nitrogen and oxygen atoms in total. The van der Waals surface area contributed by atoms with E-state index in [4.69, 9.17) is 16.6 Å². The number of rotatable bonds is 6. The van der Waals surface area contributed by atoms with Crippen molar-refractivity contribution in [3.05, 3.63) is 70.6 Å². The summed E-state index contributed by atoms with van der Waals surface area (Å²) in [5.74, 6) is -0.405. The summed E-state index contributed by atoms with van der Waals surface area (Å²) in [5, 5.41) is 19.1. The molecule has 0 heterocycles. The van der Waals surface area contributed by atoms with Gasteiger partial charge in [0, 0.05) is 6.42 Å². The van der Waals surface area contributed by atoms with Crippen LogP contribution in [0.5, 0.6) is 5.75 Å². The fraction of sp³-hybridized carbons (Fsp3) is 0.250. The first-order chi connectivity index (χ1) is 13.1. The first-order valence-corrected chi connectivity index (χ1v) is 8.03. The molecule has 2 rings (SSSR count). The molecule has 1 N–H and O–H groups in total. The van der Waals surface area contributed by atoms with E-state index >= 15 is 0 Å². The van der Waals surface area contributed by atoms with E-state index in [-0.39, 0.29) is 5.56 Å². The number of carbonyl (C=O) groups is 1. The number of nitrogens with zero attached hydrogens (tertiary/aromatic N) is 2. The van der Waals surface area contributed by atoms with Gasteiger partial charge in [-0.1, -0.05) is 18.2 Å². The molecule has 0 aliphatic carbocycles. The summed E-state index contributed by atoms with van der Waals surface area (Å²) in [6.07, 6.45) is -5.18. The van der Waals surface area contributed by atoms with Crippen LogP contribution in [0.1, 0.15) is 23.6 Å². The van der Waals surface area contributed by atoms with E-state index in [1.165, 1.54) is 37.3 Å². The van der Waals surface area contributed by atoms with Crippen LogP contribution in [-0.4, -0.2) is 23.1 Å². The van der Waals surface area contributed by atoms with E-state index < -0.39 is 41.8 Å². The van der Waals surface area contributed by atoms with Crippen molar-refractivity contribution in [3.8, 4) is 11.8 Å². The van der Waals surface area contributed by atoms with E-state index in [2.05, 4.69) is 4.85 Å². The average molecular weight is 388 g/mol. The first-order valence-electron chi connectivity index (χ1n) is 8.03. The quantitative estimate of drug-likeness (QED) is 0.757. The molecule has 2 aromatic rings. The fourth-order valence-electron chi connectivity index (χ4n) is 2.32. The van der Waals surface area contributed by atoms with Crippen LogP contribution in [0.15, 0.2) is 42.5 Å². The summed E-state index contributed by atoms with van der Waals surface area (Å²) in [5.41, 5.74) is -3.17. The lowest BCUT2D eigenvalue weighted by Gasteiger charge is -2.22. The molecule has 0 radical (unpaired) electrons. The Bertz CT molecular complexity index is 953. The monoisotopic (exact) mass is 388 g/mol. The Kier molecular flexibility index (Phi) is 6.07. The van der Waals surface area contributed by atoms with Crippen LogP contribution < -0.4 is 4.74 Å². The maximum Gasteiger partial charge on any atom is 0.407 e. The maximum absolute atomic E-state index is 13.0. The SMILES string of the molecule is [C-]#[N+]c1ccc(CC(=O)[C@@](C)(O)COc2ccc(C#N)cc2)cc1C(F)(F)F. The van der Waals surface area contributed by atoms with Gasteiger partial charge >= 0.3 is 6.18 Å². The Morgan fingerprint density at radius 3 is 2.43 bits per heavy atom. The molecule has 144 valence electrons. The summed E-state index contributed by atoms with van der Waals surface area (Å²) >= 11 is 0. The number of carbonyl (C=O) groups excluding carboxylic acids is 1. The zero-order chi connectivity index (χ0) is 20.9. The highest BCUT2D eigenvalue weighted by Crippen LogP contribution is 2.37. The molecule has 0 aliphatic rings. The molecule has 0 bridgehead atoms. The highest BCUT2D eigenvalue weighted by molar-refractivity contribution is 5.88. The van der Waals surface area contributed by atoms with Gasteiger partial charge in [-0.25, -0.2) is 4.85 Å². The Balaban J connectivity index is 2.10. The van der Waals surface area contributed by atoms with Crippen LogP contribution in [0.25, 0.3) is 4.85 Å². The third-order valence-corrected chi connectivity index (χ3v) is 3.96. The minimum absolute atomic E-state index is 0.0309. The Hall–Kier alpha value is -3.36. The average Bonchev–Trinajstić information content (AvgIpc) is 2.66. The zero-order valence-corrected chi connectivity index (χ0v) is 14.7. The third kappa shape index (κ3) is 5.09. The summed E-state index contributed by atoms with van der Waals surface area (Å²) in [6, 6.07) is 10.9. The van der Waals surface area contributed by atoms with Crippen LogP contribution >= 0.6 is 0 Å². The first kappa shape index (κ1) is 20.9. The Morgan fingerprint density at radius 1 is 1.25 bits per heavy atom. The lowest BCUT2D eigenvalue weighted by molar-refractivity contribution is -0.138. The molecule has 2 aromatic carbocycles. The van der Waals surface area contributed by atoms with Gasteiger partial charge in [0.1, 0.15) is 12.4 Å². The Labute approximate surface area is 159 Å². The van der Waals surface area contributed by atoms with Crippen LogP contribution in [0, 0.1) is 17.9 Å². The van der Waals surface area contributed by atoms with E-state index in [0.29, 0.717) is 11.3 Å². The zero-order valence-electron chi connectivity index (χ0n) is 14.7. The predicted octanol–water partition coefficient (Wildman–Crippen LogP) is 4.07. The van der Waals surface area contributed by atoms with Gasteiger partial charge in [-0.15, -0.1) is 0 Å². The van der Waals surface area contributed by atoms with E-state index in [0.717, 1.165) is 12.1 Å². The highest BCUT2D eigenvalue weighted by Gasteiger charge is 2.35. The Morgan fingerprint density at radius 2 is 1.89 bits per heavy atom. The standard InChI is InChI=1S/C20H15F3N2O3/c1-19(27,12-28-15-6-3-13(11-24)4-7-15)18(26)10-14-5-8-17(25-2)16(9-14)20(21,22)23/h3-9,27H,10,12H2,1H3/t19-/m0/s1. The molecule has 0 fully saturated rings. The van der Waals surface area contributed by atoms with Gasteiger partial charge in [0.2, 0.25) is 0 Å². The van der Waals surface area contributed by atoms with Gasteiger partial charge < -0.3 is 9.84 Å². The molecular weight excluding hydrogens is 373 g/mol. The second kappa shape index (κ2) is 8.12. The minimum Gasteiger partial charge on any atom is -0.490 e. The van der Waals surface area contributed by atoms with Crippen molar-refractivity contribution >= 4 is 11.5 Å². The van der Waals surface area contributed by atoms with Crippen molar-refractivity contribution in [2.45, 2.75) is 25.1 Å². The van der Waals surface area contributed by atoms with Crippen LogP contribution in [0.3, 0.4) is 0 Å². The molecule has 0 saturated heterocycles. The van der Waals surface area contributed by atoms with Gasteiger partial charge in [0.05, 0.1) is 23.8 Å². The van der Waals surface area contributed by atoms with Crippen molar-refractivity contribution in [3.63, 3.8) is 0 Å². The maximum atomic E-state index is 13.0. The smallest absolute Gasteiger partial charge is 0.407 e.